The highest BCUT2D eigenvalue weighted by atomic mass is 19.1. The summed E-state index contributed by atoms with van der Waals surface area (Å²) in [5, 5.41) is 7.87. The van der Waals surface area contributed by atoms with E-state index >= 15 is 0 Å². The van der Waals surface area contributed by atoms with Crippen molar-refractivity contribution in [1.82, 2.24) is 15.0 Å². The second-order valence-electron chi connectivity index (χ2n) is 2.92. The normalized spacial score (nSPS) is 13.7. The van der Waals surface area contributed by atoms with Crippen molar-refractivity contribution in [3.05, 3.63) is 30.1 Å². The molecule has 0 amide bonds. The van der Waals surface area contributed by atoms with Gasteiger partial charge < -0.3 is 4.74 Å². The maximum Gasteiger partial charge on any atom is 0.162 e. The van der Waals surface area contributed by atoms with Gasteiger partial charge in [-0.1, -0.05) is 6.92 Å². The van der Waals surface area contributed by atoms with Crippen LogP contribution in [-0.2, 0) is 4.74 Å². The van der Waals surface area contributed by atoms with Crippen molar-refractivity contribution in [1.29, 1.82) is 0 Å². The lowest BCUT2D eigenvalue weighted by Crippen LogP contribution is -2.00. The molecular formula is C10H14FN3O. The first-order chi connectivity index (χ1) is 7.19. The minimum absolute atomic E-state index is 0.244. The van der Waals surface area contributed by atoms with Crippen molar-refractivity contribution in [2.45, 2.75) is 20.3 Å². The third-order valence-electron chi connectivity index (χ3n) is 1.97. The second kappa shape index (κ2) is 5.29. The molecule has 0 atom stereocenters. The van der Waals surface area contributed by atoms with Gasteiger partial charge in [-0.05, 0) is 13.3 Å². The highest BCUT2D eigenvalue weighted by Gasteiger charge is 2.03. The first kappa shape index (κ1) is 11.4. The van der Waals surface area contributed by atoms with E-state index in [1.54, 1.807) is 19.3 Å². The van der Waals surface area contributed by atoms with Gasteiger partial charge in [0, 0.05) is 6.08 Å². The Labute approximate surface area is 88.0 Å². The van der Waals surface area contributed by atoms with Gasteiger partial charge >= 0.3 is 0 Å². The molecule has 1 heterocycles. The van der Waals surface area contributed by atoms with E-state index in [1.165, 1.54) is 18.0 Å². The molecule has 0 radical (unpaired) electrons. The summed E-state index contributed by atoms with van der Waals surface area (Å²) >= 11 is 0. The fourth-order valence-electron chi connectivity index (χ4n) is 1.01. The third-order valence-corrected chi connectivity index (χ3v) is 1.97. The number of methoxy groups -OCH3 is 1. The fourth-order valence-corrected chi connectivity index (χ4v) is 1.01. The summed E-state index contributed by atoms with van der Waals surface area (Å²) < 4.78 is 18.2. The predicted molar refractivity (Wildman–Crippen MR) is 55.4 cm³/mol. The van der Waals surface area contributed by atoms with Crippen molar-refractivity contribution >= 4 is 5.70 Å². The van der Waals surface area contributed by atoms with Gasteiger partial charge in [0.25, 0.3) is 0 Å². The van der Waals surface area contributed by atoms with E-state index in [-0.39, 0.29) is 5.76 Å². The minimum atomic E-state index is -0.411. The molecule has 0 fully saturated rings. The highest BCUT2D eigenvalue weighted by Crippen LogP contribution is 2.14. The number of halogens is 1. The lowest BCUT2D eigenvalue weighted by atomic mass is 10.3. The number of ether oxygens (including phenoxy) is 1. The van der Waals surface area contributed by atoms with E-state index in [9.17, 15) is 4.39 Å². The van der Waals surface area contributed by atoms with Gasteiger partial charge in [-0.3, -0.25) is 0 Å². The van der Waals surface area contributed by atoms with Crippen LogP contribution in [-0.4, -0.2) is 22.1 Å². The van der Waals surface area contributed by atoms with Gasteiger partial charge in [0.2, 0.25) is 0 Å². The quantitative estimate of drug-likeness (QED) is 0.567. The van der Waals surface area contributed by atoms with Crippen molar-refractivity contribution in [3.63, 3.8) is 0 Å². The zero-order chi connectivity index (χ0) is 11.3. The molecule has 0 aliphatic rings. The molecule has 0 aromatic carbocycles. The smallest absolute Gasteiger partial charge is 0.162 e. The van der Waals surface area contributed by atoms with Crippen LogP contribution in [0.4, 0.5) is 4.39 Å². The molecule has 4 nitrogen and oxygen atoms in total. The maximum atomic E-state index is 13.4. The molecule has 0 aliphatic heterocycles. The third kappa shape index (κ3) is 2.90. The molecule has 0 aliphatic carbocycles. The Kier molecular flexibility index (Phi) is 4.03. The van der Waals surface area contributed by atoms with E-state index in [2.05, 4.69) is 10.2 Å². The molecule has 82 valence electrons. The Balaban J connectivity index is 2.98. The summed E-state index contributed by atoms with van der Waals surface area (Å²) in [6.45, 7) is 3.47. The number of hydrogen-bond donors (Lipinski definition) is 0. The predicted octanol–water partition coefficient (Wildman–Crippen LogP) is 2.38. The van der Waals surface area contributed by atoms with E-state index < -0.39 is 5.83 Å². The maximum absolute atomic E-state index is 13.4. The Hall–Kier alpha value is -1.65. The standard InChI is InChI=1S/C10H14FN3O/c1-4-9(14-12-5-6-13-14)7-10(11)8(2)15-3/h5-7H,4H2,1-3H3. The van der Waals surface area contributed by atoms with Crippen LogP contribution in [0.25, 0.3) is 5.70 Å². The molecule has 5 heteroatoms. The van der Waals surface area contributed by atoms with E-state index in [1.807, 2.05) is 6.92 Å². The van der Waals surface area contributed by atoms with E-state index in [0.29, 0.717) is 12.1 Å². The highest BCUT2D eigenvalue weighted by molar-refractivity contribution is 5.47. The van der Waals surface area contributed by atoms with Crippen molar-refractivity contribution in [2.24, 2.45) is 0 Å². The number of hydrogen-bond acceptors (Lipinski definition) is 3. The lowest BCUT2D eigenvalue weighted by molar-refractivity contribution is 0.280. The fraction of sp³-hybridized carbons (Fsp3) is 0.400. The molecular weight excluding hydrogens is 197 g/mol. The first-order valence-corrected chi connectivity index (χ1v) is 4.66. The van der Waals surface area contributed by atoms with Gasteiger partial charge in [-0.25, -0.2) is 4.39 Å². The van der Waals surface area contributed by atoms with Crippen LogP contribution in [0, 0.1) is 0 Å². The zero-order valence-electron chi connectivity index (χ0n) is 9.07. The van der Waals surface area contributed by atoms with Crippen molar-refractivity contribution < 1.29 is 9.13 Å². The average Bonchev–Trinajstić information content (AvgIpc) is 2.77. The van der Waals surface area contributed by atoms with Crippen LogP contribution < -0.4 is 0 Å². The molecule has 0 saturated heterocycles. The lowest BCUT2D eigenvalue weighted by Gasteiger charge is -2.03. The summed E-state index contributed by atoms with van der Waals surface area (Å²) in [4.78, 5) is 1.39. The van der Waals surface area contributed by atoms with Crippen molar-refractivity contribution in [3.8, 4) is 0 Å². The molecule has 0 bridgehead atoms. The summed E-state index contributed by atoms with van der Waals surface area (Å²) in [6.07, 6.45) is 5.11. The van der Waals surface area contributed by atoms with E-state index in [4.69, 9.17) is 4.74 Å². The van der Waals surface area contributed by atoms with Gasteiger partial charge in [-0.15, -0.1) is 0 Å². The van der Waals surface area contributed by atoms with Crippen LogP contribution in [0.5, 0.6) is 0 Å². The molecule has 0 N–H and O–H groups in total. The Morgan fingerprint density at radius 3 is 2.53 bits per heavy atom. The molecule has 1 aromatic heterocycles. The van der Waals surface area contributed by atoms with Crippen LogP contribution >= 0.6 is 0 Å². The van der Waals surface area contributed by atoms with Crippen LogP contribution in [0.15, 0.2) is 30.1 Å². The second-order valence-corrected chi connectivity index (χ2v) is 2.92. The molecule has 0 saturated carbocycles. The van der Waals surface area contributed by atoms with Gasteiger partial charge in [0.15, 0.2) is 5.83 Å². The Morgan fingerprint density at radius 1 is 1.47 bits per heavy atom. The number of nitrogens with zero attached hydrogens (tertiary/aromatic N) is 3. The topological polar surface area (TPSA) is 39.9 Å². The minimum Gasteiger partial charge on any atom is -0.498 e. The summed E-state index contributed by atoms with van der Waals surface area (Å²) in [6, 6.07) is 0. The molecule has 0 spiro atoms. The Bertz CT molecular complexity index is 368. The van der Waals surface area contributed by atoms with Gasteiger partial charge in [0.1, 0.15) is 5.76 Å². The average molecular weight is 211 g/mol. The largest absolute Gasteiger partial charge is 0.498 e. The first-order valence-electron chi connectivity index (χ1n) is 4.66. The number of rotatable bonds is 4. The van der Waals surface area contributed by atoms with Crippen LogP contribution in [0.2, 0.25) is 0 Å². The summed E-state index contributed by atoms with van der Waals surface area (Å²) in [5.74, 6) is -0.167. The van der Waals surface area contributed by atoms with Gasteiger partial charge in [-0.2, -0.15) is 15.0 Å². The number of aromatic nitrogens is 3. The summed E-state index contributed by atoms with van der Waals surface area (Å²) in [7, 11) is 1.43. The van der Waals surface area contributed by atoms with Crippen LogP contribution in [0.3, 0.4) is 0 Å². The zero-order valence-corrected chi connectivity index (χ0v) is 9.07. The Morgan fingerprint density at radius 2 is 2.07 bits per heavy atom. The number of allylic oxidation sites excluding steroid dienone is 4. The molecule has 1 aromatic rings. The van der Waals surface area contributed by atoms with E-state index in [0.717, 1.165) is 0 Å². The monoisotopic (exact) mass is 211 g/mol. The molecule has 1 rings (SSSR count). The summed E-state index contributed by atoms with van der Waals surface area (Å²) in [5.41, 5.74) is 0.675. The van der Waals surface area contributed by atoms with Gasteiger partial charge in [0.05, 0.1) is 25.2 Å². The molecule has 15 heavy (non-hydrogen) atoms. The van der Waals surface area contributed by atoms with Crippen molar-refractivity contribution in [2.75, 3.05) is 7.11 Å². The van der Waals surface area contributed by atoms with Crippen LogP contribution in [0.1, 0.15) is 20.3 Å². The molecule has 0 unspecified atom stereocenters. The SMILES string of the molecule is CCC(=CC(F)=C(C)OC)n1nccn1.